The maximum atomic E-state index is 5.64. The van der Waals surface area contributed by atoms with Gasteiger partial charge in [-0.05, 0) is 30.7 Å². The van der Waals surface area contributed by atoms with Crippen molar-refractivity contribution >= 4 is 11.4 Å². The quantitative estimate of drug-likeness (QED) is 0.792. The van der Waals surface area contributed by atoms with E-state index in [0.29, 0.717) is 18.8 Å². The van der Waals surface area contributed by atoms with Crippen LogP contribution in [0.4, 0.5) is 11.4 Å². The van der Waals surface area contributed by atoms with Crippen LogP contribution in [0.25, 0.3) is 0 Å². The highest BCUT2D eigenvalue weighted by Gasteiger charge is 1.95. The number of nitrogens with zero attached hydrogens (tertiary/aromatic N) is 1. The molecule has 0 saturated heterocycles. The van der Waals surface area contributed by atoms with Crippen LogP contribution in [-0.4, -0.2) is 18.1 Å². The molecule has 1 aromatic heterocycles. The molecule has 4 nitrogen and oxygen atoms in total. The monoisotopic (exact) mass is 243 g/mol. The molecule has 0 spiro atoms. The number of nitrogens with one attached hydrogen (secondary N) is 1. The predicted octanol–water partition coefficient (Wildman–Crippen LogP) is 2.46. The maximum absolute atomic E-state index is 5.64. The Morgan fingerprint density at radius 2 is 2.17 bits per heavy atom. The number of hydrogen-bond acceptors (Lipinski definition) is 4. The normalized spacial score (nSPS) is 10.1. The highest BCUT2D eigenvalue weighted by molar-refractivity contribution is 5.51. The third-order valence-electron chi connectivity index (χ3n) is 2.45. The summed E-state index contributed by atoms with van der Waals surface area (Å²) in [6, 6.07) is 9.85. The number of nitrogens with two attached hydrogens (primary N) is 1. The highest BCUT2D eigenvalue weighted by Crippen LogP contribution is 2.12. The summed E-state index contributed by atoms with van der Waals surface area (Å²) in [6.07, 6.45) is 3.36. The van der Waals surface area contributed by atoms with E-state index >= 15 is 0 Å². The van der Waals surface area contributed by atoms with E-state index in [4.69, 9.17) is 10.5 Å². The molecule has 94 valence electrons. The van der Waals surface area contributed by atoms with Crippen LogP contribution in [0.2, 0.25) is 0 Å². The van der Waals surface area contributed by atoms with E-state index in [9.17, 15) is 0 Å². The van der Waals surface area contributed by atoms with Gasteiger partial charge in [0.15, 0.2) is 0 Å². The van der Waals surface area contributed by atoms with Gasteiger partial charge in [0.2, 0.25) is 0 Å². The molecule has 3 N–H and O–H groups in total. The SMILES string of the molecule is Cc1cccc(OCCNc2cncc(N)c2)c1. The first kappa shape index (κ1) is 12.2. The molecule has 0 bridgehead atoms. The van der Waals surface area contributed by atoms with Crippen LogP contribution in [0.1, 0.15) is 5.56 Å². The predicted molar refractivity (Wildman–Crippen MR) is 73.8 cm³/mol. The topological polar surface area (TPSA) is 60.2 Å². The van der Waals surface area contributed by atoms with E-state index in [1.807, 2.05) is 37.3 Å². The molecule has 0 unspecified atom stereocenters. The molecule has 2 aromatic rings. The molecule has 0 aliphatic rings. The molecular formula is C14H17N3O. The van der Waals surface area contributed by atoms with Crippen LogP contribution in [0, 0.1) is 6.92 Å². The van der Waals surface area contributed by atoms with Crippen LogP contribution < -0.4 is 15.8 Å². The molecular weight excluding hydrogens is 226 g/mol. The third kappa shape index (κ3) is 3.66. The van der Waals surface area contributed by atoms with Crippen LogP contribution in [0.3, 0.4) is 0 Å². The fraction of sp³-hybridized carbons (Fsp3) is 0.214. The number of hydrogen-bond donors (Lipinski definition) is 2. The number of pyridine rings is 1. The minimum absolute atomic E-state index is 0.595. The molecule has 0 saturated carbocycles. The Balaban J connectivity index is 1.76. The summed E-state index contributed by atoms with van der Waals surface area (Å²) in [5.74, 6) is 0.891. The van der Waals surface area contributed by atoms with Crippen molar-refractivity contribution in [3.05, 3.63) is 48.3 Å². The number of aryl methyl sites for hydroxylation is 1. The largest absolute Gasteiger partial charge is 0.492 e. The van der Waals surface area contributed by atoms with Crippen molar-refractivity contribution in [3.8, 4) is 5.75 Å². The number of nitrogen functional groups attached to an aromatic ring is 1. The fourth-order valence-corrected chi connectivity index (χ4v) is 1.62. The summed E-state index contributed by atoms with van der Waals surface area (Å²) in [5.41, 5.74) is 8.39. The second-order valence-electron chi connectivity index (χ2n) is 4.10. The Hall–Kier alpha value is -2.23. The first-order valence-corrected chi connectivity index (χ1v) is 5.88. The summed E-state index contributed by atoms with van der Waals surface area (Å²) in [4.78, 5) is 4.00. The van der Waals surface area contributed by atoms with E-state index < -0.39 is 0 Å². The molecule has 0 aliphatic carbocycles. The van der Waals surface area contributed by atoms with Gasteiger partial charge in [-0.2, -0.15) is 0 Å². The molecule has 0 atom stereocenters. The van der Waals surface area contributed by atoms with Crippen molar-refractivity contribution < 1.29 is 4.74 Å². The molecule has 1 aromatic carbocycles. The summed E-state index contributed by atoms with van der Waals surface area (Å²) < 4.78 is 5.62. The zero-order valence-corrected chi connectivity index (χ0v) is 10.4. The van der Waals surface area contributed by atoms with Gasteiger partial charge >= 0.3 is 0 Å². The summed E-state index contributed by atoms with van der Waals surface area (Å²) in [6.45, 7) is 3.35. The number of aromatic nitrogens is 1. The fourth-order valence-electron chi connectivity index (χ4n) is 1.62. The second kappa shape index (κ2) is 5.91. The van der Waals surface area contributed by atoms with Crippen LogP contribution in [0.15, 0.2) is 42.7 Å². The molecule has 0 radical (unpaired) electrons. The molecule has 2 rings (SSSR count). The Bertz CT molecular complexity index is 466. The first-order chi connectivity index (χ1) is 8.74. The van der Waals surface area contributed by atoms with E-state index in [1.165, 1.54) is 5.56 Å². The van der Waals surface area contributed by atoms with Gasteiger partial charge in [-0.3, -0.25) is 4.98 Å². The highest BCUT2D eigenvalue weighted by atomic mass is 16.5. The lowest BCUT2D eigenvalue weighted by Gasteiger charge is -2.09. The molecule has 18 heavy (non-hydrogen) atoms. The van der Waals surface area contributed by atoms with Gasteiger partial charge in [-0.1, -0.05) is 12.1 Å². The zero-order valence-electron chi connectivity index (χ0n) is 10.4. The van der Waals surface area contributed by atoms with Gasteiger partial charge in [-0.25, -0.2) is 0 Å². The van der Waals surface area contributed by atoms with Crippen molar-refractivity contribution in [1.29, 1.82) is 0 Å². The molecule has 1 heterocycles. The average Bonchev–Trinajstić information content (AvgIpc) is 2.35. The minimum atomic E-state index is 0.595. The summed E-state index contributed by atoms with van der Waals surface area (Å²) in [5, 5.41) is 3.20. The van der Waals surface area contributed by atoms with Gasteiger partial charge in [0, 0.05) is 12.7 Å². The lowest BCUT2D eigenvalue weighted by Crippen LogP contribution is -2.11. The lowest BCUT2D eigenvalue weighted by molar-refractivity contribution is 0.332. The third-order valence-corrected chi connectivity index (χ3v) is 2.45. The van der Waals surface area contributed by atoms with Crippen molar-refractivity contribution in [1.82, 2.24) is 4.98 Å². The van der Waals surface area contributed by atoms with E-state index in [0.717, 1.165) is 11.4 Å². The van der Waals surface area contributed by atoms with Crippen LogP contribution in [0.5, 0.6) is 5.75 Å². The van der Waals surface area contributed by atoms with Crippen molar-refractivity contribution in [2.45, 2.75) is 6.92 Å². The number of rotatable bonds is 5. The summed E-state index contributed by atoms with van der Waals surface area (Å²) in [7, 11) is 0. The lowest BCUT2D eigenvalue weighted by atomic mass is 10.2. The van der Waals surface area contributed by atoms with E-state index in [2.05, 4.69) is 10.3 Å². The van der Waals surface area contributed by atoms with Crippen molar-refractivity contribution in [2.75, 3.05) is 24.2 Å². The number of ether oxygens (including phenoxy) is 1. The maximum Gasteiger partial charge on any atom is 0.119 e. The number of anilines is 2. The van der Waals surface area contributed by atoms with Crippen molar-refractivity contribution in [3.63, 3.8) is 0 Å². The molecule has 0 fully saturated rings. The van der Waals surface area contributed by atoms with Gasteiger partial charge in [0.05, 0.1) is 17.6 Å². The second-order valence-corrected chi connectivity index (χ2v) is 4.10. The first-order valence-electron chi connectivity index (χ1n) is 5.88. The molecule has 4 heteroatoms. The van der Waals surface area contributed by atoms with Gasteiger partial charge in [-0.15, -0.1) is 0 Å². The van der Waals surface area contributed by atoms with Crippen LogP contribution in [-0.2, 0) is 0 Å². The molecule has 0 aliphatic heterocycles. The Kier molecular flexibility index (Phi) is 4.02. The van der Waals surface area contributed by atoms with E-state index in [1.54, 1.807) is 12.4 Å². The van der Waals surface area contributed by atoms with Crippen molar-refractivity contribution in [2.24, 2.45) is 0 Å². The standard InChI is InChI=1S/C14H17N3O/c1-11-3-2-4-14(7-11)18-6-5-17-13-8-12(15)9-16-10-13/h2-4,7-10,17H,5-6,15H2,1H3. The zero-order chi connectivity index (χ0) is 12.8. The molecule has 0 amide bonds. The number of benzene rings is 1. The van der Waals surface area contributed by atoms with E-state index in [-0.39, 0.29) is 0 Å². The van der Waals surface area contributed by atoms with Gasteiger partial charge in [0.25, 0.3) is 0 Å². The smallest absolute Gasteiger partial charge is 0.119 e. The Morgan fingerprint density at radius 3 is 2.94 bits per heavy atom. The minimum Gasteiger partial charge on any atom is -0.492 e. The Morgan fingerprint density at radius 1 is 1.28 bits per heavy atom. The van der Waals surface area contributed by atoms with Gasteiger partial charge in [0.1, 0.15) is 12.4 Å². The average molecular weight is 243 g/mol. The summed E-state index contributed by atoms with van der Waals surface area (Å²) >= 11 is 0. The van der Waals surface area contributed by atoms with Crippen LogP contribution >= 0.6 is 0 Å². The van der Waals surface area contributed by atoms with Gasteiger partial charge < -0.3 is 15.8 Å². The Labute approximate surface area is 107 Å².